The average Bonchev–Trinajstić information content (AvgIpc) is 2.24. The Bertz CT molecular complexity index is 382. The van der Waals surface area contributed by atoms with Gasteiger partial charge in [0.1, 0.15) is 5.82 Å². The zero-order chi connectivity index (χ0) is 12.1. The van der Waals surface area contributed by atoms with Crippen LogP contribution in [0.25, 0.3) is 0 Å². The number of benzene rings is 1. The van der Waals surface area contributed by atoms with Crippen molar-refractivity contribution in [3.63, 3.8) is 0 Å². The molecule has 0 amide bonds. The van der Waals surface area contributed by atoms with Crippen LogP contribution in [0.1, 0.15) is 17.3 Å². The molecule has 7 heteroatoms. The van der Waals surface area contributed by atoms with Crippen molar-refractivity contribution in [1.82, 2.24) is 0 Å². The Morgan fingerprint density at radius 3 is 2.75 bits per heavy atom. The molecule has 0 atom stereocenters. The van der Waals surface area contributed by atoms with E-state index in [1.807, 2.05) is 0 Å². The predicted octanol–water partition coefficient (Wildman–Crippen LogP) is -0.386. The van der Waals surface area contributed by atoms with Crippen molar-refractivity contribution >= 4 is 18.6 Å². The molecule has 0 saturated carbocycles. The van der Waals surface area contributed by atoms with Gasteiger partial charge in [-0.05, 0) is 19.1 Å². The molecule has 0 spiro atoms. The van der Waals surface area contributed by atoms with Crippen LogP contribution in [0.3, 0.4) is 0 Å². The fourth-order valence-electron chi connectivity index (χ4n) is 1.13. The standard InChI is InChI=1S/C9H10BFO5/c1-2-15-16-9(12)6-4-3-5-7(11)8(6)10(13)14/h3-5,13-14H,2H2,1H3. The summed E-state index contributed by atoms with van der Waals surface area (Å²) in [5, 5.41) is 17.9. The van der Waals surface area contributed by atoms with Crippen molar-refractivity contribution < 1.29 is 29.0 Å². The van der Waals surface area contributed by atoms with Crippen molar-refractivity contribution in [2.24, 2.45) is 0 Å². The molecule has 2 N–H and O–H groups in total. The van der Waals surface area contributed by atoms with E-state index in [1.165, 1.54) is 12.1 Å². The first-order valence-corrected chi connectivity index (χ1v) is 4.56. The van der Waals surface area contributed by atoms with E-state index in [1.54, 1.807) is 6.92 Å². The minimum absolute atomic E-state index is 0.137. The van der Waals surface area contributed by atoms with E-state index >= 15 is 0 Å². The fourth-order valence-corrected chi connectivity index (χ4v) is 1.13. The maximum Gasteiger partial charge on any atom is 0.492 e. The molecule has 0 aliphatic rings. The number of carbonyl (C=O) groups is 1. The van der Waals surface area contributed by atoms with Crippen LogP contribution in [-0.4, -0.2) is 29.7 Å². The van der Waals surface area contributed by atoms with Crippen LogP contribution in [0.5, 0.6) is 0 Å². The van der Waals surface area contributed by atoms with E-state index in [0.29, 0.717) is 0 Å². The van der Waals surface area contributed by atoms with Crippen LogP contribution in [0.4, 0.5) is 4.39 Å². The Hall–Kier alpha value is -1.44. The van der Waals surface area contributed by atoms with E-state index < -0.39 is 24.4 Å². The van der Waals surface area contributed by atoms with Crippen LogP contribution in [0.2, 0.25) is 0 Å². The molecule has 1 rings (SSSR count). The van der Waals surface area contributed by atoms with Crippen LogP contribution >= 0.6 is 0 Å². The van der Waals surface area contributed by atoms with E-state index in [0.717, 1.165) is 6.07 Å². The highest BCUT2D eigenvalue weighted by Gasteiger charge is 2.25. The van der Waals surface area contributed by atoms with Gasteiger partial charge in [-0.25, -0.2) is 9.18 Å². The maximum atomic E-state index is 13.2. The molecule has 0 unspecified atom stereocenters. The van der Waals surface area contributed by atoms with Gasteiger partial charge in [0.15, 0.2) is 0 Å². The summed E-state index contributed by atoms with van der Waals surface area (Å²) in [5.74, 6) is -1.88. The summed E-state index contributed by atoms with van der Waals surface area (Å²) in [4.78, 5) is 20.0. The summed E-state index contributed by atoms with van der Waals surface area (Å²) in [5.41, 5.74) is -0.823. The summed E-state index contributed by atoms with van der Waals surface area (Å²) < 4.78 is 13.2. The average molecular weight is 228 g/mol. The Morgan fingerprint density at radius 2 is 2.19 bits per heavy atom. The van der Waals surface area contributed by atoms with Crippen molar-refractivity contribution in [3.8, 4) is 0 Å². The molecule has 0 fully saturated rings. The molecule has 0 saturated heterocycles. The molecule has 0 aromatic heterocycles. The van der Waals surface area contributed by atoms with Crippen LogP contribution < -0.4 is 5.46 Å². The molecule has 0 bridgehead atoms. The quantitative estimate of drug-likeness (QED) is 0.417. The SMILES string of the molecule is CCOOC(=O)c1cccc(F)c1B(O)O. The minimum atomic E-state index is -2.09. The molecular formula is C9H10BFO5. The lowest BCUT2D eigenvalue weighted by Crippen LogP contribution is -2.37. The molecular weight excluding hydrogens is 218 g/mol. The number of halogens is 1. The lowest BCUT2D eigenvalue weighted by atomic mass is 9.76. The first-order valence-electron chi connectivity index (χ1n) is 4.56. The Balaban J connectivity index is 3.03. The lowest BCUT2D eigenvalue weighted by molar-refractivity contribution is -0.236. The van der Waals surface area contributed by atoms with Crippen molar-refractivity contribution in [2.45, 2.75) is 6.92 Å². The zero-order valence-electron chi connectivity index (χ0n) is 8.51. The zero-order valence-corrected chi connectivity index (χ0v) is 8.51. The first kappa shape index (κ1) is 12.6. The van der Waals surface area contributed by atoms with Crippen molar-refractivity contribution in [2.75, 3.05) is 6.61 Å². The summed E-state index contributed by atoms with van der Waals surface area (Å²) in [6.07, 6.45) is 0. The largest absolute Gasteiger partial charge is 0.492 e. The molecule has 0 aliphatic heterocycles. The van der Waals surface area contributed by atoms with Crippen LogP contribution in [0.15, 0.2) is 18.2 Å². The van der Waals surface area contributed by atoms with Gasteiger partial charge in [0.25, 0.3) is 0 Å². The molecule has 0 aliphatic carbocycles. The summed E-state index contributed by atoms with van der Waals surface area (Å²) in [7, 11) is -2.09. The molecule has 1 aromatic carbocycles. The molecule has 0 heterocycles. The van der Waals surface area contributed by atoms with E-state index in [9.17, 15) is 9.18 Å². The third kappa shape index (κ3) is 2.78. The van der Waals surface area contributed by atoms with Crippen LogP contribution in [-0.2, 0) is 9.78 Å². The van der Waals surface area contributed by atoms with Gasteiger partial charge in [0.05, 0.1) is 12.2 Å². The van der Waals surface area contributed by atoms with Gasteiger partial charge in [-0.3, -0.25) is 4.89 Å². The first-order chi connectivity index (χ1) is 7.57. The Kier molecular flexibility index (Phi) is 4.42. The molecule has 86 valence electrons. The number of hydrogen-bond acceptors (Lipinski definition) is 5. The van der Waals surface area contributed by atoms with Gasteiger partial charge in [0.2, 0.25) is 0 Å². The second-order valence-electron chi connectivity index (χ2n) is 2.85. The van der Waals surface area contributed by atoms with Gasteiger partial charge in [-0.1, -0.05) is 6.07 Å². The van der Waals surface area contributed by atoms with Gasteiger partial charge in [0, 0.05) is 5.46 Å². The maximum absolute atomic E-state index is 13.2. The van der Waals surface area contributed by atoms with Gasteiger partial charge < -0.3 is 10.0 Å². The number of hydrogen-bond donors (Lipinski definition) is 2. The smallest absolute Gasteiger partial charge is 0.423 e. The topological polar surface area (TPSA) is 76.0 Å². The summed E-state index contributed by atoms with van der Waals surface area (Å²) >= 11 is 0. The third-order valence-electron chi connectivity index (χ3n) is 1.78. The second-order valence-corrected chi connectivity index (χ2v) is 2.85. The fraction of sp³-hybridized carbons (Fsp3) is 0.222. The highest BCUT2D eigenvalue weighted by molar-refractivity contribution is 6.60. The third-order valence-corrected chi connectivity index (χ3v) is 1.78. The predicted molar refractivity (Wildman–Crippen MR) is 53.3 cm³/mol. The highest BCUT2D eigenvalue weighted by atomic mass is 19.1. The Morgan fingerprint density at radius 1 is 1.50 bits per heavy atom. The van der Waals surface area contributed by atoms with Crippen molar-refractivity contribution in [1.29, 1.82) is 0 Å². The van der Waals surface area contributed by atoms with Gasteiger partial charge in [-0.2, -0.15) is 4.89 Å². The van der Waals surface area contributed by atoms with Gasteiger partial charge >= 0.3 is 13.1 Å². The molecule has 16 heavy (non-hydrogen) atoms. The van der Waals surface area contributed by atoms with Crippen molar-refractivity contribution in [3.05, 3.63) is 29.6 Å². The minimum Gasteiger partial charge on any atom is -0.423 e. The Labute approximate surface area is 91.5 Å². The van der Waals surface area contributed by atoms with Gasteiger partial charge in [-0.15, -0.1) is 0 Å². The second kappa shape index (κ2) is 5.59. The van der Waals surface area contributed by atoms with E-state index in [2.05, 4.69) is 9.78 Å². The number of carbonyl (C=O) groups excluding carboxylic acids is 1. The summed E-state index contributed by atoms with van der Waals surface area (Å²) in [6.45, 7) is 1.73. The van der Waals surface area contributed by atoms with E-state index in [4.69, 9.17) is 10.0 Å². The normalized spacial score (nSPS) is 10.0. The molecule has 1 aromatic rings. The molecule has 0 radical (unpaired) electrons. The number of rotatable bonds is 4. The van der Waals surface area contributed by atoms with Crippen LogP contribution in [0, 0.1) is 5.82 Å². The summed E-state index contributed by atoms with van der Waals surface area (Å²) in [6, 6.07) is 3.47. The lowest BCUT2D eigenvalue weighted by Gasteiger charge is -2.08. The monoisotopic (exact) mass is 228 g/mol. The highest BCUT2D eigenvalue weighted by Crippen LogP contribution is 2.04. The van der Waals surface area contributed by atoms with E-state index in [-0.39, 0.29) is 12.2 Å². The molecule has 5 nitrogen and oxygen atoms in total.